The summed E-state index contributed by atoms with van der Waals surface area (Å²) in [6.45, 7) is 6.89. The zero-order chi connectivity index (χ0) is 16.4. The molecule has 132 valence electrons. The predicted octanol–water partition coefficient (Wildman–Crippen LogP) is 4.39. The van der Waals surface area contributed by atoms with Crippen LogP contribution in [0.1, 0.15) is 78.6 Å². The number of rotatable bonds is 1. The van der Waals surface area contributed by atoms with Crippen molar-refractivity contribution in [2.75, 3.05) is 0 Å². The van der Waals surface area contributed by atoms with Crippen LogP contribution < -0.4 is 0 Å². The van der Waals surface area contributed by atoms with Gasteiger partial charge in [0.2, 0.25) is 0 Å². The Morgan fingerprint density at radius 3 is 2.43 bits per heavy atom. The van der Waals surface area contributed by atoms with Gasteiger partial charge in [0.15, 0.2) is 0 Å². The van der Waals surface area contributed by atoms with Crippen LogP contribution >= 0.6 is 0 Å². The first kappa shape index (κ1) is 16.4. The van der Waals surface area contributed by atoms with E-state index in [1.54, 1.807) is 0 Å². The molecule has 4 rings (SSSR count). The van der Waals surface area contributed by atoms with Crippen LogP contribution in [0, 0.1) is 40.4 Å². The normalized spacial score (nSPS) is 57.3. The molecule has 4 aliphatic rings. The lowest BCUT2D eigenvalue weighted by Crippen LogP contribution is -2.53. The number of fused-ring (bicyclic) bond motifs is 5. The van der Waals surface area contributed by atoms with E-state index in [4.69, 9.17) is 0 Å². The molecule has 0 radical (unpaired) electrons. The van der Waals surface area contributed by atoms with Crippen molar-refractivity contribution in [2.24, 2.45) is 40.4 Å². The molecule has 2 nitrogen and oxygen atoms in total. The lowest BCUT2D eigenvalue weighted by atomic mass is 9.45. The van der Waals surface area contributed by atoms with E-state index in [0.29, 0.717) is 11.3 Å². The molecule has 0 bridgehead atoms. The molecule has 0 unspecified atom stereocenters. The van der Waals surface area contributed by atoms with Gasteiger partial charge in [-0.1, -0.05) is 26.7 Å². The molecule has 2 heteroatoms. The molecule has 0 saturated heterocycles. The van der Waals surface area contributed by atoms with E-state index in [9.17, 15) is 10.2 Å². The Hall–Kier alpha value is -0.0800. The van der Waals surface area contributed by atoms with Crippen molar-refractivity contribution in [3.63, 3.8) is 0 Å². The summed E-state index contributed by atoms with van der Waals surface area (Å²) in [5.41, 5.74) is 0.725. The predicted molar refractivity (Wildman–Crippen MR) is 92.9 cm³/mol. The van der Waals surface area contributed by atoms with Gasteiger partial charge in [0, 0.05) is 5.92 Å². The third-order valence-corrected chi connectivity index (χ3v) is 9.21. The molecular formula is C21H36O2. The standard InChI is InChI=1S/C21H36O2/c1-13(22)19-18(23)12-17-15-8-7-14-6-4-5-10-20(14,2)16(15)9-11-21(17,19)3/h13-19,22-23H,4-12H2,1-3H3/t13-,14+,15+,16-,17-,18-,19-,20-,21-/m0/s1. The van der Waals surface area contributed by atoms with Crippen LogP contribution in [0.4, 0.5) is 0 Å². The molecule has 2 N–H and O–H groups in total. The minimum Gasteiger partial charge on any atom is -0.393 e. The van der Waals surface area contributed by atoms with Crippen LogP contribution in [0.25, 0.3) is 0 Å². The average Bonchev–Trinajstić information content (AvgIpc) is 2.77. The first-order valence-electron chi connectivity index (χ1n) is 10.2. The van der Waals surface area contributed by atoms with Crippen molar-refractivity contribution in [2.45, 2.75) is 90.8 Å². The third-order valence-electron chi connectivity index (χ3n) is 9.21. The molecule has 23 heavy (non-hydrogen) atoms. The molecule has 0 aromatic rings. The van der Waals surface area contributed by atoms with Crippen LogP contribution in [0.3, 0.4) is 0 Å². The summed E-state index contributed by atoms with van der Waals surface area (Å²) in [5, 5.41) is 21.0. The van der Waals surface area contributed by atoms with E-state index in [1.807, 2.05) is 6.92 Å². The first-order valence-corrected chi connectivity index (χ1v) is 10.2. The summed E-state index contributed by atoms with van der Waals surface area (Å²) in [5.74, 6) is 3.35. The van der Waals surface area contributed by atoms with Crippen LogP contribution in [-0.2, 0) is 0 Å². The quantitative estimate of drug-likeness (QED) is 0.752. The fourth-order valence-electron chi connectivity index (χ4n) is 8.22. The van der Waals surface area contributed by atoms with Crippen LogP contribution in [0.5, 0.6) is 0 Å². The van der Waals surface area contributed by atoms with Gasteiger partial charge < -0.3 is 10.2 Å². The highest BCUT2D eigenvalue weighted by molar-refractivity contribution is 5.11. The molecule has 0 spiro atoms. The smallest absolute Gasteiger partial charge is 0.0601 e. The molecule has 4 aliphatic carbocycles. The first-order chi connectivity index (χ1) is 10.9. The van der Waals surface area contributed by atoms with Crippen molar-refractivity contribution in [1.29, 1.82) is 0 Å². The molecule has 4 fully saturated rings. The number of hydrogen-bond donors (Lipinski definition) is 2. The van der Waals surface area contributed by atoms with Gasteiger partial charge >= 0.3 is 0 Å². The highest BCUT2D eigenvalue weighted by Crippen LogP contribution is 2.67. The van der Waals surface area contributed by atoms with E-state index in [1.165, 1.54) is 51.4 Å². The Bertz CT molecular complexity index is 461. The molecule has 9 atom stereocenters. The van der Waals surface area contributed by atoms with Gasteiger partial charge in [0.1, 0.15) is 0 Å². The van der Waals surface area contributed by atoms with Crippen LogP contribution in [-0.4, -0.2) is 22.4 Å². The molecule has 4 saturated carbocycles. The summed E-state index contributed by atoms with van der Waals surface area (Å²) >= 11 is 0. The largest absolute Gasteiger partial charge is 0.393 e. The number of hydrogen-bond acceptors (Lipinski definition) is 2. The van der Waals surface area contributed by atoms with E-state index >= 15 is 0 Å². The molecule has 0 heterocycles. The zero-order valence-corrected chi connectivity index (χ0v) is 15.3. The fourth-order valence-corrected chi connectivity index (χ4v) is 8.22. The van der Waals surface area contributed by atoms with Crippen molar-refractivity contribution < 1.29 is 10.2 Å². The fraction of sp³-hybridized carbons (Fsp3) is 1.00. The Labute approximate surface area is 142 Å². The topological polar surface area (TPSA) is 40.5 Å². The van der Waals surface area contributed by atoms with Crippen LogP contribution in [0.15, 0.2) is 0 Å². The number of aliphatic hydroxyl groups excluding tert-OH is 2. The van der Waals surface area contributed by atoms with Crippen LogP contribution in [0.2, 0.25) is 0 Å². The van der Waals surface area contributed by atoms with E-state index in [2.05, 4.69) is 13.8 Å². The van der Waals surface area contributed by atoms with Crippen molar-refractivity contribution in [1.82, 2.24) is 0 Å². The third kappa shape index (κ3) is 2.20. The maximum Gasteiger partial charge on any atom is 0.0601 e. The molecule has 0 amide bonds. The lowest BCUT2D eigenvalue weighted by molar-refractivity contribution is -0.120. The number of aliphatic hydroxyl groups is 2. The maximum atomic E-state index is 10.7. The van der Waals surface area contributed by atoms with Crippen molar-refractivity contribution in [3.8, 4) is 0 Å². The monoisotopic (exact) mass is 320 g/mol. The lowest BCUT2D eigenvalue weighted by Gasteiger charge is -2.60. The summed E-state index contributed by atoms with van der Waals surface area (Å²) in [7, 11) is 0. The SMILES string of the molecule is C[C@H](O)[C@H]1[C@@H](O)C[C@H]2[C@@H]3CC[C@H]4CCCC[C@]4(C)[C@H]3CC[C@]12C. The Balaban J connectivity index is 1.64. The van der Waals surface area contributed by atoms with Crippen molar-refractivity contribution >= 4 is 0 Å². The summed E-state index contributed by atoms with van der Waals surface area (Å²) in [6.07, 6.45) is 11.4. The van der Waals surface area contributed by atoms with Gasteiger partial charge in [-0.25, -0.2) is 0 Å². The summed E-state index contributed by atoms with van der Waals surface area (Å²) in [4.78, 5) is 0. The zero-order valence-electron chi connectivity index (χ0n) is 15.3. The van der Waals surface area contributed by atoms with E-state index < -0.39 is 0 Å². The van der Waals surface area contributed by atoms with E-state index in [0.717, 1.165) is 24.2 Å². The maximum absolute atomic E-state index is 10.7. The second-order valence-electron chi connectivity index (χ2n) is 10.0. The van der Waals surface area contributed by atoms with Gasteiger partial charge in [-0.2, -0.15) is 0 Å². The average molecular weight is 321 g/mol. The molecular weight excluding hydrogens is 284 g/mol. The van der Waals surface area contributed by atoms with E-state index in [-0.39, 0.29) is 23.5 Å². The summed E-state index contributed by atoms with van der Waals surface area (Å²) < 4.78 is 0. The van der Waals surface area contributed by atoms with Gasteiger partial charge in [-0.05, 0) is 86.4 Å². The summed E-state index contributed by atoms with van der Waals surface area (Å²) in [6, 6.07) is 0. The van der Waals surface area contributed by atoms with Gasteiger partial charge in [0.05, 0.1) is 12.2 Å². The minimum atomic E-state index is -0.377. The Kier molecular flexibility index (Phi) is 3.89. The molecule has 0 aromatic carbocycles. The minimum absolute atomic E-state index is 0.0883. The Morgan fingerprint density at radius 2 is 1.70 bits per heavy atom. The highest BCUT2D eigenvalue weighted by atomic mass is 16.3. The van der Waals surface area contributed by atoms with Gasteiger partial charge in [-0.3, -0.25) is 0 Å². The van der Waals surface area contributed by atoms with Gasteiger partial charge in [-0.15, -0.1) is 0 Å². The Morgan fingerprint density at radius 1 is 0.913 bits per heavy atom. The molecule has 0 aromatic heterocycles. The molecule has 0 aliphatic heterocycles. The highest BCUT2D eigenvalue weighted by Gasteiger charge is 2.62. The second kappa shape index (κ2) is 5.46. The van der Waals surface area contributed by atoms with Crippen molar-refractivity contribution in [3.05, 3.63) is 0 Å². The second-order valence-corrected chi connectivity index (χ2v) is 10.0. The van der Waals surface area contributed by atoms with Gasteiger partial charge in [0.25, 0.3) is 0 Å².